The summed E-state index contributed by atoms with van der Waals surface area (Å²) < 4.78 is 18.4. The highest BCUT2D eigenvalue weighted by molar-refractivity contribution is 5.84. The lowest BCUT2D eigenvalue weighted by molar-refractivity contribution is 0.0580. The summed E-state index contributed by atoms with van der Waals surface area (Å²) in [5.41, 5.74) is 4.93. The van der Waals surface area contributed by atoms with Crippen LogP contribution < -0.4 is 5.32 Å². The van der Waals surface area contributed by atoms with Crippen molar-refractivity contribution in [2.24, 2.45) is 0 Å². The average Bonchev–Trinajstić information content (AvgIpc) is 3.33. The molecule has 164 valence electrons. The first kappa shape index (κ1) is 20.1. The SMILES string of the molecule is COC1CCC(n2c(C3CCOC(=O)N3)nc3cc(-c4c(C)noc4C)ccc32)CC1. The molecule has 8 nitrogen and oxygen atoms in total. The van der Waals surface area contributed by atoms with Gasteiger partial charge >= 0.3 is 6.09 Å². The Kier molecular flexibility index (Phi) is 5.17. The molecule has 1 atom stereocenters. The summed E-state index contributed by atoms with van der Waals surface area (Å²) in [7, 11) is 1.79. The van der Waals surface area contributed by atoms with Gasteiger partial charge in [-0.05, 0) is 57.2 Å². The molecule has 1 aromatic carbocycles. The van der Waals surface area contributed by atoms with Crippen LogP contribution in [0.15, 0.2) is 22.7 Å². The summed E-state index contributed by atoms with van der Waals surface area (Å²) in [5, 5.41) is 7.05. The second-order valence-corrected chi connectivity index (χ2v) is 8.53. The first-order valence-corrected chi connectivity index (χ1v) is 11.0. The predicted molar refractivity (Wildman–Crippen MR) is 115 cm³/mol. The Labute approximate surface area is 180 Å². The number of rotatable bonds is 4. The number of nitrogens with one attached hydrogen (secondary N) is 1. The molecule has 3 aromatic rings. The maximum Gasteiger partial charge on any atom is 0.407 e. The summed E-state index contributed by atoms with van der Waals surface area (Å²) >= 11 is 0. The van der Waals surface area contributed by atoms with Gasteiger partial charge in [-0.25, -0.2) is 9.78 Å². The number of carbonyl (C=O) groups is 1. The number of hydrogen-bond donors (Lipinski definition) is 1. The van der Waals surface area contributed by atoms with Crippen molar-refractivity contribution in [3.8, 4) is 11.1 Å². The van der Waals surface area contributed by atoms with Gasteiger partial charge in [0, 0.05) is 25.1 Å². The van der Waals surface area contributed by atoms with Crippen LogP contribution in [0.5, 0.6) is 0 Å². The summed E-state index contributed by atoms with van der Waals surface area (Å²) in [5.74, 6) is 1.70. The van der Waals surface area contributed by atoms with E-state index in [4.69, 9.17) is 19.0 Å². The summed E-state index contributed by atoms with van der Waals surface area (Å²) in [6.07, 6.45) is 4.76. The number of alkyl carbamates (subject to hydrolysis) is 1. The Balaban J connectivity index is 1.60. The molecule has 1 N–H and O–H groups in total. The molecule has 2 fully saturated rings. The first-order valence-electron chi connectivity index (χ1n) is 11.0. The smallest absolute Gasteiger partial charge is 0.407 e. The Hall–Kier alpha value is -2.87. The molecule has 2 aliphatic rings. The minimum Gasteiger partial charge on any atom is -0.449 e. The number of benzene rings is 1. The lowest BCUT2D eigenvalue weighted by Gasteiger charge is -2.32. The minimum atomic E-state index is -0.380. The number of cyclic esters (lactones) is 1. The third-order valence-electron chi connectivity index (χ3n) is 6.62. The summed E-state index contributed by atoms with van der Waals surface area (Å²) in [6.45, 7) is 4.28. The van der Waals surface area contributed by atoms with Crippen LogP contribution in [-0.4, -0.2) is 40.6 Å². The van der Waals surface area contributed by atoms with E-state index in [2.05, 4.69) is 33.2 Å². The van der Waals surface area contributed by atoms with Gasteiger partial charge in [0.25, 0.3) is 0 Å². The van der Waals surface area contributed by atoms with Crippen molar-refractivity contribution < 1.29 is 18.8 Å². The third-order valence-corrected chi connectivity index (χ3v) is 6.62. The normalized spacial score (nSPS) is 24.2. The predicted octanol–water partition coefficient (Wildman–Crippen LogP) is 4.61. The number of nitrogens with zero attached hydrogens (tertiary/aromatic N) is 3. The van der Waals surface area contributed by atoms with Crippen molar-refractivity contribution >= 4 is 17.1 Å². The van der Waals surface area contributed by atoms with E-state index in [0.29, 0.717) is 25.2 Å². The van der Waals surface area contributed by atoms with Crippen molar-refractivity contribution in [1.29, 1.82) is 0 Å². The van der Waals surface area contributed by atoms with E-state index in [-0.39, 0.29) is 12.1 Å². The highest BCUT2D eigenvalue weighted by atomic mass is 16.6. The van der Waals surface area contributed by atoms with Gasteiger partial charge in [-0.2, -0.15) is 0 Å². The molecular formula is C23H28N4O4. The average molecular weight is 425 g/mol. The molecule has 1 amide bonds. The number of methoxy groups -OCH3 is 1. The number of imidazole rings is 1. The zero-order valence-electron chi connectivity index (χ0n) is 18.2. The van der Waals surface area contributed by atoms with Crippen LogP contribution in [0.3, 0.4) is 0 Å². The zero-order valence-corrected chi connectivity index (χ0v) is 18.2. The van der Waals surface area contributed by atoms with Gasteiger partial charge in [-0.15, -0.1) is 0 Å². The number of amides is 1. The Morgan fingerprint density at radius 3 is 2.65 bits per heavy atom. The molecule has 0 spiro atoms. The largest absolute Gasteiger partial charge is 0.449 e. The van der Waals surface area contributed by atoms with Crippen LogP contribution in [0.25, 0.3) is 22.2 Å². The number of carbonyl (C=O) groups excluding carboxylic acids is 1. The molecule has 0 bridgehead atoms. The van der Waals surface area contributed by atoms with Crippen LogP contribution in [-0.2, 0) is 9.47 Å². The van der Waals surface area contributed by atoms with Gasteiger partial charge in [0.1, 0.15) is 11.6 Å². The van der Waals surface area contributed by atoms with E-state index >= 15 is 0 Å². The van der Waals surface area contributed by atoms with Gasteiger partial charge in [0.05, 0.1) is 35.5 Å². The first-order chi connectivity index (χ1) is 15.0. The van der Waals surface area contributed by atoms with Crippen LogP contribution >= 0.6 is 0 Å². The summed E-state index contributed by atoms with van der Waals surface area (Å²) in [6, 6.07) is 6.52. The van der Waals surface area contributed by atoms with Gasteiger partial charge in [0.15, 0.2) is 0 Å². The van der Waals surface area contributed by atoms with E-state index in [9.17, 15) is 4.79 Å². The van der Waals surface area contributed by atoms with Crippen molar-refractivity contribution in [3.05, 3.63) is 35.5 Å². The maximum absolute atomic E-state index is 11.9. The van der Waals surface area contributed by atoms with E-state index in [1.54, 1.807) is 7.11 Å². The quantitative estimate of drug-likeness (QED) is 0.658. The number of ether oxygens (including phenoxy) is 2. The second kappa shape index (κ2) is 8.00. The number of aromatic nitrogens is 3. The molecule has 1 unspecified atom stereocenters. The van der Waals surface area contributed by atoms with Crippen LogP contribution in [0, 0.1) is 13.8 Å². The van der Waals surface area contributed by atoms with Crippen molar-refractivity contribution in [2.45, 2.75) is 64.1 Å². The summed E-state index contributed by atoms with van der Waals surface area (Å²) in [4.78, 5) is 16.9. The molecular weight excluding hydrogens is 396 g/mol. The lowest BCUT2D eigenvalue weighted by Crippen LogP contribution is -2.37. The second-order valence-electron chi connectivity index (χ2n) is 8.53. The standard InChI is InChI=1S/C23H28N4O4/c1-13-21(14(2)31-26-13)15-4-9-20-19(12-15)24-22(18-10-11-30-23(28)25-18)27(20)16-5-7-17(29-3)8-6-16/h4,9,12,16-18H,5-8,10-11H2,1-3H3,(H,25,28). The van der Waals surface area contributed by atoms with Gasteiger partial charge in [0.2, 0.25) is 0 Å². The van der Waals surface area contributed by atoms with Crippen LogP contribution in [0.1, 0.15) is 61.5 Å². The van der Waals surface area contributed by atoms with Crippen LogP contribution in [0.4, 0.5) is 4.79 Å². The molecule has 5 rings (SSSR count). The fourth-order valence-electron chi connectivity index (χ4n) is 5.06. The molecule has 3 heterocycles. The van der Waals surface area contributed by atoms with Gasteiger partial charge < -0.3 is 23.9 Å². The number of fused-ring (bicyclic) bond motifs is 1. The molecule has 8 heteroatoms. The maximum atomic E-state index is 11.9. The highest BCUT2D eigenvalue weighted by Crippen LogP contribution is 2.37. The zero-order chi connectivity index (χ0) is 21.5. The van der Waals surface area contributed by atoms with Crippen molar-refractivity contribution in [1.82, 2.24) is 20.0 Å². The van der Waals surface area contributed by atoms with Crippen molar-refractivity contribution in [2.75, 3.05) is 13.7 Å². The molecule has 31 heavy (non-hydrogen) atoms. The van der Waals surface area contributed by atoms with E-state index < -0.39 is 0 Å². The Bertz CT molecular complexity index is 1090. The van der Waals surface area contributed by atoms with Gasteiger partial charge in [-0.1, -0.05) is 11.2 Å². The van der Waals surface area contributed by atoms with Gasteiger partial charge in [-0.3, -0.25) is 0 Å². The molecule has 0 radical (unpaired) electrons. The molecule has 2 aromatic heterocycles. The van der Waals surface area contributed by atoms with Crippen LogP contribution in [0.2, 0.25) is 0 Å². The minimum absolute atomic E-state index is 0.156. The number of aryl methyl sites for hydroxylation is 2. The lowest BCUT2D eigenvalue weighted by atomic mass is 9.92. The Morgan fingerprint density at radius 2 is 1.97 bits per heavy atom. The monoisotopic (exact) mass is 424 g/mol. The molecule has 1 saturated heterocycles. The topological polar surface area (TPSA) is 91.4 Å². The Morgan fingerprint density at radius 1 is 1.16 bits per heavy atom. The fraction of sp³-hybridized carbons (Fsp3) is 0.522. The molecule has 1 aliphatic heterocycles. The third kappa shape index (κ3) is 3.59. The van der Waals surface area contributed by atoms with E-state index in [1.165, 1.54) is 0 Å². The number of hydrogen-bond acceptors (Lipinski definition) is 6. The van der Waals surface area contributed by atoms with E-state index in [1.807, 2.05) is 13.8 Å². The van der Waals surface area contributed by atoms with E-state index in [0.717, 1.165) is 65.1 Å². The van der Waals surface area contributed by atoms with Crippen molar-refractivity contribution in [3.63, 3.8) is 0 Å². The molecule has 1 saturated carbocycles. The fourth-order valence-corrected chi connectivity index (χ4v) is 5.06. The highest BCUT2D eigenvalue weighted by Gasteiger charge is 2.31. The molecule has 1 aliphatic carbocycles.